The van der Waals surface area contributed by atoms with Gasteiger partial charge in [0, 0.05) is 36.6 Å². The lowest BCUT2D eigenvalue weighted by Gasteiger charge is -2.36. The van der Waals surface area contributed by atoms with Crippen LogP contribution in [0.1, 0.15) is 36.2 Å². The number of hydrogen-bond acceptors (Lipinski definition) is 4. The van der Waals surface area contributed by atoms with Crippen LogP contribution in [-0.2, 0) is 6.42 Å². The summed E-state index contributed by atoms with van der Waals surface area (Å²) in [5.41, 5.74) is 7.53. The largest absolute Gasteiger partial charge is 0.328 e. The van der Waals surface area contributed by atoms with Gasteiger partial charge in [-0.25, -0.2) is 0 Å². The Bertz CT molecular complexity index is 409. The van der Waals surface area contributed by atoms with Crippen LogP contribution in [0.25, 0.3) is 0 Å². The summed E-state index contributed by atoms with van der Waals surface area (Å²) in [6.07, 6.45) is 3.58. The lowest BCUT2D eigenvalue weighted by atomic mass is 10.0. The van der Waals surface area contributed by atoms with E-state index in [2.05, 4.69) is 28.2 Å². The molecule has 2 aliphatic rings. The summed E-state index contributed by atoms with van der Waals surface area (Å²) in [7, 11) is 0. The van der Waals surface area contributed by atoms with Gasteiger partial charge in [0.1, 0.15) is 0 Å². The second-order valence-corrected chi connectivity index (χ2v) is 6.94. The number of nitrogens with two attached hydrogens (primary N) is 1. The number of rotatable bonds is 3. The molecule has 0 radical (unpaired) electrons. The zero-order chi connectivity index (χ0) is 13.2. The molecule has 0 aliphatic carbocycles. The van der Waals surface area contributed by atoms with E-state index in [9.17, 15) is 0 Å². The molecule has 1 aromatic heterocycles. The molecule has 19 heavy (non-hydrogen) atoms. The van der Waals surface area contributed by atoms with E-state index in [0.717, 1.165) is 0 Å². The highest BCUT2D eigenvalue weighted by molar-refractivity contribution is 7.10. The summed E-state index contributed by atoms with van der Waals surface area (Å²) < 4.78 is 0. The topological polar surface area (TPSA) is 32.5 Å². The van der Waals surface area contributed by atoms with Gasteiger partial charge in [0.25, 0.3) is 0 Å². The highest BCUT2D eigenvalue weighted by atomic mass is 32.1. The summed E-state index contributed by atoms with van der Waals surface area (Å²) in [6, 6.07) is 3.36. The second-order valence-electron chi connectivity index (χ2n) is 5.94. The van der Waals surface area contributed by atoms with E-state index in [1.807, 2.05) is 11.3 Å². The van der Waals surface area contributed by atoms with E-state index >= 15 is 0 Å². The fourth-order valence-corrected chi connectivity index (χ4v) is 4.28. The van der Waals surface area contributed by atoms with Gasteiger partial charge in [-0.05, 0) is 56.3 Å². The molecule has 3 rings (SSSR count). The number of thiophene rings is 1. The van der Waals surface area contributed by atoms with E-state index in [0.29, 0.717) is 12.1 Å². The first-order valence-corrected chi connectivity index (χ1v) is 8.40. The van der Waals surface area contributed by atoms with Gasteiger partial charge in [-0.2, -0.15) is 0 Å². The summed E-state index contributed by atoms with van der Waals surface area (Å²) in [6.45, 7) is 8.36. The Balaban J connectivity index is 1.51. The van der Waals surface area contributed by atoms with E-state index in [1.54, 1.807) is 10.4 Å². The molecule has 0 amide bonds. The normalized spacial score (nSPS) is 26.5. The monoisotopic (exact) mass is 279 g/mol. The molecule has 0 spiro atoms. The highest BCUT2D eigenvalue weighted by Crippen LogP contribution is 2.32. The Labute approximate surface area is 120 Å². The summed E-state index contributed by atoms with van der Waals surface area (Å²) in [5.74, 6) is 0. The first kappa shape index (κ1) is 13.6. The second kappa shape index (κ2) is 5.92. The lowest BCUT2D eigenvalue weighted by molar-refractivity contribution is 0.144. The van der Waals surface area contributed by atoms with Crippen molar-refractivity contribution in [3.63, 3.8) is 0 Å². The quantitative estimate of drug-likeness (QED) is 0.919. The van der Waals surface area contributed by atoms with Gasteiger partial charge < -0.3 is 10.6 Å². The predicted octanol–water partition coefficient (Wildman–Crippen LogP) is 2.09. The molecule has 1 unspecified atom stereocenters. The number of likely N-dealkylation sites (tertiary alicyclic amines) is 1. The van der Waals surface area contributed by atoms with Crippen molar-refractivity contribution in [3.05, 3.63) is 21.9 Å². The lowest BCUT2D eigenvalue weighted by Crippen LogP contribution is -2.44. The Morgan fingerprint density at radius 3 is 2.84 bits per heavy atom. The Hall–Kier alpha value is -0.420. The molecule has 4 heteroatoms. The van der Waals surface area contributed by atoms with Crippen molar-refractivity contribution in [2.45, 2.75) is 38.3 Å². The van der Waals surface area contributed by atoms with Gasteiger partial charge >= 0.3 is 0 Å². The third-order valence-corrected chi connectivity index (χ3v) is 5.74. The Morgan fingerprint density at radius 1 is 1.26 bits per heavy atom. The maximum absolute atomic E-state index is 5.96. The minimum absolute atomic E-state index is 0.443. The average molecular weight is 279 g/mol. The summed E-state index contributed by atoms with van der Waals surface area (Å²) in [5, 5.41) is 2.25. The fraction of sp³-hybridized carbons (Fsp3) is 0.733. The zero-order valence-electron chi connectivity index (χ0n) is 11.8. The average Bonchev–Trinajstić information content (AvgIpc) is 2.89. The molecule has 0 saturated carbocycles. The highest BCUT2D eigenvalue weighted by Gasteiger charge is 2.25. The molecular weight excluding hydrogens is 254 g/mol. The molecule has 1 saturated heterocycles. The molecule has 3 nitrogen and oxygen atoms in total. The van der Waals surface area contributed by atoms with Crippen LogP contribution < -0.4 is 5.73 Å². The Morgan fingerprint density at radius 2 is 2.05 bits per heavy atom. The molecule has 2 aliphatic heterocycles. The van der Waals surface area contributed by atoms with Gasteiger partial charge in [0.15, 0.2) is 0 Å². The molecule has 0 bridgehead atoms. The van der Waals surface area contributed by atoms with Crippen molar-refractivity contribution in [1.29, 1.82) is 0 Å². The van der Waals surface area contributed by atoms with Crippen molar-refractivity contribution < 1.29 is 0 Å². The minimum Gasteiger partial charge on any atom is -0.328 e. The number of piperidine rings is 1. The minimum atomic E-state index is 0.443. The zero-order valence-corrected chi connectivity index (χ0v) is 12.7. The number of nitrogens with zero attached hydrogens (tertiary/aromatic N) is 2. The van der Waals surface area contributed by atoms with Crippen LogP contribution in [0.4, 0.5) is 0 Å². The van der Waals surface area contributed by atoms with Crippen LogP contribution in [0, 0.1) is 0 Å². The van der Waals surface area contributed by atoms with Gasteiger partial charge in [0.2, 0.25) is 0 Å². The van der Waals surface area contributed by atoms with Gasteiger partial charge in [-0.3, -0.25) is 4.90 Å². The van der Waals surface area contributed by atoms with Crippen molar-refractivity contribution >= 4 is 11.3 Å². The maximum Gasteiger partial charge on any atom is 0.0331 e. The third kappa shape index (κ3) is 3.02. The standard InChI is InChI=1S/C15H25N3S/c1-12-14-5-11-19-15(14)4-8-18(12)10-9-17-6-2-13(16)3-7-17/h5,11-13H,2-4,6-10,16H2,1H3. The van der Waals surface area contributed by atoms with E-state index in [1.165, 1.54) is 52.0 Å². The van der Waals surface area contributed by atoms with Crippen LogP contribution in [0.15, 0.2) is 11.4 Å². The van der Waals surface area contributed by atoms with Crippen molar-refractivity contribution in [3.8, 4) is 0 Å². The van der Waals surface area contributed by atoms with E-state index < -0.39 is 0 Å². The molecule has 1 aromatic rings. The van der Waals surface area contributed by atoms with Gasteiger partial charge in [-0.15, -0.1) is 11.3 Å². The maximum atomic E-state index is 5.96. The Kier molecular flexibility index (Phi) is 4.22. The van der Waals surface area contributed by atoms with Crippen LogP contribution in [0.5, 0.6) is 0 Å². The number of hydrogen-bond donors (Lipinski definition) is 1. The van der Waals surface area contributed by atoms with Crippen molar-refractivity contribution in [2.75, 3.05) is 32.7 Å². The number of fused-ring (bicyclic) bond motifs is 1. The van der Waals surface area contributed by atoms with Crippen molar-refractivity contribution in [2.24, 2.45) is 5.73 Å². The van der Waals surface area contributed by atoms with Crippen LogP contribution >= 0.6 is 11.3 Å². The summed E-state index contributed by atoms with van der Waals surface area (Å²) in [4.78, 5) is 6.83. The smallest absolute Gasteiger partial charge is 0.0331 e. The molecule has 0 aromatic carbocycles. The van der Waals surface area contributed by atoms with Crippen LogP contribution in [0.3, 0.4) is 0 Å². The van der Waals surface area contributed by atoms with E-state index in [4.69, 9.17) is 5.73 Å². The van der Waals surface area contributed by atoms with Crippen LogP contribution in [-0.4, -0.2) is 48.6 Å². The first-order valence-electron chi connectivity index (χ1n) is 7.52. The molecule has 1 fully saturated rings. The molecular formula is C15H25N3S. The molecule has 2 N–H and O–H groups in total. The molecule has 3 heterocycles. The van der Waals surface area contributed by atoms with Gasteiger partial charge in [0.05, 0.1) is 0 Å². The predicted molar refractivity (Wildman–Crippen MR) is 81.7 cm³/mol. The van der Waals surface area contributed by atoms with Crippen LogP contribution in [0.2, 0.25) is 0 Å². The van der Waals surface area contributed by atoms with Crippen molar-refractivity contribution in [1.82, 2.24) is 9.80 Å². The van der Waals surface area contributed by atoms with E-state index in [-0.39, 0.29) is 0 Å². The van der Waals surface area contributed by atoms with Gasteiger partial charge in [-0.1, -0.05) is 0 Å². The third-order valence-electron chi connectivity index (χ3n) is 4.74. The summed E-state index contributed by atoms with van der Waals surface area (Å²) >= 11 is 1.93. The molecule has 106 valence electrons. The first-order chi connectivity index (χ1) is 9.24. The molecule has 1 atom stereocenters. The SMILES string of the molecule is CC1c2ccsc2CCN1CCN1CCC(N)CC1. The fourth-order valence-electron chi connectivity index (χ4n) is 3.31.